The van der Waals surface area contributed by atoms with Crippen LogP contribution >= 0.6 is 0 Å². The number of carbonyl (C=O) groups is 1. The molecule has 1 fully saturated rings. The smallest absolute Gasteiger partial charge is 0.415 e. The maximum absolute atomic E-state index is 13.4. The third-order valence-corrected chi connectivity index (χ3v) is 5.24. The van der Waals surface area contributed by atoms with Gasteiger partial charge in [-0.2, -0.15) is 0 Å². The van der Waals surface area contributed by atoms with Crippen molar-refractivity contribution in [2.24, 2.45) is 0 Å². The van der Waals surface area contributed by atoms with Gasteiger partial charge in [0.15, 0.2) is 0 Å². The summed E-state index contributed by atoms with van der Waals surface area (Å²) >= 11 is 0. The minimum absolute atomic E-state index is 0.161. The summed E-state index contributed by atoms with van der Waals surface area (Å²) in [6.45, 7) is 0. The van der Waals surface area contributed by atoms with Gasteiger partial charge in [0, 0.05) is 5.69 Å². The number of aromatic hydroxyl groups is 1. The summed E-state index contributed by atoms with van der Waals surface area (Å²) in [6.07, 6.45) is 1.59. The second kappa shape index (κ2) is 8.35. The fraction of sp³-hybridized carbons (Fsp3) is 0.208. The summed E-state index contributed by atoms with van der Waals surface area (Å²) in [4.78, 5) is 14.3. The van der Waals surface area contributed by atoms with Gasteiger partial charge in [0.1, 0.15) is 17.7 Å². The maximum atomic E-state index is 13.4. The van der Waals surface area contributed by atoms with Crippen molar-refractivity contribution in [3.8, 4) is 5.75 Å². The average molecular weight is 391 g/mol. The number of nitrogens with zero attached hydrogens (tertiary/aromatic N) is 1. The predicted molar refractivity (Wildman–Crippen MR) is 109 cm³/mol. The molecule has 2 atom stereocenters. The Morgan fingerprint density at radius 3 is 2.31 bits per heavy atom. The molecule has 4 nitrogen and oxygen atoms in total. The molecule has 0 aliphatic carbocycles. The van der Waals surface area contributed by atoms with Crippen molar-refractivity contribution in [2.75, 3.05) is 4.90 Å². The van der Waals surface area contributed by atoms with Gasteiger partial charge in [-0.3, -0.25) is 4.90 Å². The number of benzene rings is 3. The first-order valence-corrected chi connectivity index (χ1v) is 9.70. The number of phenols is 1. The van der Waals surface area contributed by atoms with E-state index >= 15 is 0 Å². The molecule has 5 heteroatoms. The van der Waals surface area contributed by atoms with Gasteiger partial charge in [0.25, 0.3) is 0 Å². The zero-order valence-corrected chi connectivity index (χ0v) is 15.9. The number of ether oxygens (including phenoxy) is 1. The molecule has 4 rings (SSSR count). The normalized spacial score (nSPS) is 18.7. The summed E-state index contributed by atoms with van der Waals surface area (Å²) in [5.74, 6) is -0.189. The second-order valence-electron chi connectivity index (χ2n) is 7.19. The number of halogens is 1. The predicted octanol–water partition coefficient (Wildman–Crippen LogP) is 5.62. The maximum Gasteiger partial charge on any atom is 0.415 e. The van der Waals surface area contributed by atoms with Crippen LogP contribution in [0.3, 0.4) is 0 Å². The lowest BCUT2D eigenvalue weighted by Gasteiger charge is -2.25. The summed E-state index contributed by atoms with van der Waals surface area (Å²) < 4.78 is 19.1. The Hall–Kier alpha value is -3.34. The SMILES string of the molecule is O=C1O[C@@H](c2ccc(O)cc2)[C@@H](CCCc2ccccc2)N1c1ccc(F)cc1. The van der Waals surface area contributed by atoms with Crippen LogP contribution in [-0.2, 0) is 11.2 Å². The molecule has 1 aliphatic rings. The molecule has 0 bridgehead atoms. The van der Waals surface area contributed by atoms with Crippen molar-refractivity contribution in [3.05, 3.63) is 95.8 Å². The Labute approximate surface area is 169 Å². The Kier molecular flexibility index (Phi) is 5.47. The molecule has 1 amide bonds. The number of carbonyl (C=O) groups excluding carboxylic acids is 1. The molecule has 0 spiro atoms. The van der Waals surface area contributed by atoms with E-state index in [4.69, 9.17) is 4.74 Å². The Morgan fingerprint density at radius 2 is 1.62 bits per heavy atom. The number of aryl methyl sites for hydroxylation is 1. The van der Waals surface area contributed by atoms with Crippen LogP contribution in [0.4, 0.5) is 14.9 Å². The average Bonchev–Trinajstić information content (AvgIpc) is 3.06. The Bertz CT molecular complexity index is 958. The van der Waals surface area contributed by atoms with Gasteiger partial charge < -0.3 is 9.84 Å². The van der Waals surface area contributed by atoms with E-state index in [0.717, 1.165) is 24.8 Å². The van der Waals surface area contributed by atoms with E-state index in [1.807, 2.05) is 18.2 Å². The topological polar surface area (TPSA) is 49.8 Å². The molecule has 148 valence electrons. The minimum atomic E-state index is -0.455. The molecule has 3 aromatic carbocycles. The fourth-order valence-electron chi connectivity index (χ4n) is 3.81. The number of hydrogen-bond acceptors (Lipinski definition) is 3. The number of phenolic OH excluding ortho intramolecular Hbond substituents is 1. The van der Waals surface area contributed by atoms with Gasteiger partial charge in [-0.05, 0) is 66.8 Å². The zero-order valence-electron chi connectivity index (χ0n) is 15.9. The summed E-state index contributed by atoms with van der Waals surface area (Å²) in [7, 11) is 0. The molecule has 0 saturated carbocycles. The fourth-order valence-corrected chi connectivity index (χ4v) is 3.81. The number of cyclic esters (lactones) is 1. The van der Waals surface area contributed by atoms with Crippen LogP contribution in [0.5, 0.6) is 5.75 Å². The third-order valence-electron chi connectivity index (χ3n) is 5.24. The van der Waals surface area contributed by atoms with Gasteiger partial charge in [0.2, 0.25) is 0 Å². The lowest BCUT2D eigenvalue weighted by molar-refractivity contribution is 0.131. The van der Waals surface area contributed by atoms with E-state index in [-0.39, 0.29) is 17.6 Å². The molecule has 0 unspecified atom stereocenters. The molecule has 0 aromatic heterocycles. The van der Waals surface area contributed by atoms with Crippen molar-refractivity contribution >= 4 is 11.8 Å². The van der Waals surface area contributed by atoms with Gasteiger partial charge >= 0.3 is 6.09 Å². The molecule has 1 saturated heterocycles. The van der Waals surface area contributed by atoms with Crippen molar-refractivity contribution < 1.29 is 19.0 Å². The molecule has 1 heterocycles. The number of amides is 1. The van der Waals surface area contributed by atoms with Crippen molar-refractivity contribution in [3.63, 3.8) is 0 Å². The molecule has 0 radical (unpaired) electrons. The van der Waals surface area contributed by atoms with Crippen LogP contribution in [0.2, 0.25) is 0 Å². The quantitative estimate of drug-likeness (QED) is 0.593. The first-order valence-electron chi connectivity index (χ1n) is 9.70. The van der Waals surface area contributed by atoms with Crippen LogP contribution in [0.25, 0.3) is 0 Å². The van der Waals surface area contributed by atoms with Crippen molar-refractivity contribution in [2.45, 2.75) is 31.4 Å². The van der Waals surface area contributed by atoms with E-state index in [2.05, 4.69) is 12.1 Å². The highest BCUT2D eigenvalue weighted by Crippen LogP contribution is 2.38. The van der Waals surface area contributed by atoms with E-state index in [1.54, 1.807) is 41.3 Å². The van der Waals surface area contributed by atoms with Crippen LogP contribution in [0.15, 0.2) is 78.9 Å². The van der Waals surface area contributed by atoms with E-state index in [1.165, 1.54) is 17.7 Å². The van der Waals surface area contributed by atoms with Crippen LogP contribution in [0, 0.1) is 5.82 Å². The molecule has 1 N–H and O–H groups in total. The Morgan fingerprint density at radius 1 is 0.931 bits per heavy atom. The number of rotatable bonds is 6. The summed E-state index contributed by atoms with van der Waals surface area (Å²) in [5.41, 5.74) is 2.68. The van der Waals surface area contributed by atoms with Gasteiger partial charge in [-0.15, -0.1) is 0 Å². The highest BCUT2D eigenvalue weighted by molar-refractivity contribution is 5.90. The van der Waals surface area contributed by atoms with Crippen LogP contribution in [0.1, 0.15) is 30.1 Å². The van der Waals surface area contributed by atoms with Crippen molar-refractivity contribution in [1.82, 2.24) is 0 Å². The third kappa shape index (κ3) is 4.24. The van der Waals surface area contributed by atoms with E-state index in [0.29, 0.717) is 5.69 Å². The summed E-state index contributed by atoms with van der Waals surface area (Å²) in [5, 5.41) is 9.59. The molecule has 29 heavy (non-hydrogen) atoms. The van der Waals surface area contributed by atoms with E-state index < -0.39 is 12.2 Å². The highest BCUT2D eigenvalue weighted by atomic mass is 19.1. The lowest BCUT2D eigenvalue weighted by atomic mass is 9.95. The Balaban J connectivity index is 1.59. The lowest BCUT2D eigenvalue weighted by Crippen LogP contribution is -2.34. The van der Waals surface area contributed by atoms with E-state index in [9.17, 15) is 14.3 Å². The van der Waals surface area contributed by atoms with Crippen LogP contribution in [-0.4, -0.2) is 17.2 Å². The minimum Gasteiger partial charge on any atom is -0.508 e. The first kappa shape index (κ1) is 19.0. The van der Waals surface area contributed by atoms with Crippen LogP contribution < -0.4 is 4.90 Å². The number of anilines is 1. The largest absolute Gasteiger partial charge is 0.508 e. The molecule has 1 aliphatic heterocycles. The van der Waals surface area contributed by atoms with Gasteiger partial charge in [-0.25, -0.2) is 9.18 Å². The highest BCUT2D eigenvalue weighted by Gasteiger charge is 2.43. The molecular formula is C24H22FNO3. The standard InChI is InChI=1S/C24H22FNO3/c25-19-11-13-20(14-12-19)26-22(8-4-7-17-5-2-1-3-6-17)23(29-24(26)28)18-9-15-21(27)16-10-18/h1-3,5-6,9-16,22-23,27H,4,7-8H2/t22-,23+/m1/s1. The summed E-state index contributed by atoms with van der Waals surface area (Å²) in [6, 6.07) is 22.6. The number of hydrogen-bond donors (Lipinski definition) is 1. The molecule has 3 aromatic rings. The van der Waals surface area contributed by atoms with Crippen molar-refractivity contribution in [1.29, 1.82) is 0 Å². The van der Waals surface area contributed by atoms with Gasteiger partial charge in [-0.1, -0.05) is 42.5 Å². The first-order chi connectivity index (χ1) is 14.1. The monoisotopic (exact) mass is 391 g/mol. The molecular weight excluding hydrogens is 369 g/mol. The zero-order chi connectivity index (χ0) is 20.2. The second-order valence-corrected chi connectivity index (χ2v) is 7.19. The van der Waals surface area contributed by atoms with Gasteiger partial charge in [0.05, 0.1) is 6.04 Å².